The van der Waals surface area contributed by atoms with Gasteiger partial charge in [0.2, 0.25) is 0 Å². The molecule has 0 fully saturated rings. The van der Waals surface area contributed by atoms with Gasteiger partial charge in [-0.25, -0.2) is 0 Å². The van der Waals surface area contributed by atoms with Crippen molar-refractivity contribution in [3.05, 3.63) is 36.4 Å². The number of benzene rings is 1. The van der Waals surface area contributed by atoms with Gasteiger partial charge in [-0.3, -0.25) is 4.79 Å². The van der Waals surface area contributed by atoms with E-state index in [0.29, 0.717) is 5.78 Å². The smallest absolute Gasteiger partial charge is 0.132 e. The minimum Gasteiger partial charge on any atom is -0.300 e. The Morgan fingerprint density at radius 2 is 0.475 bits per heavy atom. The zero-order valence-corrected chi connectivity index (χ0v) is 27.6. The minimum absolute atomic E-state index is 0.526. The third-order valence-electron chi connectivity index (χ3n) is 8.29. The summed E-state index contributed by atoms with van der Waals surface area (Å²) >= 11 is 0. The molecular formula is C39H72O. The molecule has 0 spiro atoms. The van der Waals surface area contributed by atoms with Crippen LogP contribution in [0.2, 0.25) is 0 Å². The van der Waals surface area contributed by atoms with E-state index in [9.17, 15) is 4.79 Å². The van der Waals surface area contributed by atoms with Crippen LogP contribution in [0.5, 0.6) is 0 Å². The van der Waals surface area contributed by atoms with Crippen molar-refractivity contribution in [3.8, 4) is 0 Å². The Labute approximate surface area is 253 Å². The van der Waals surface area contributed by atoms with E-state index in [1.54, 1.807) is 0 Å². The first-order valence-electron chi connectivity index (χ1n) is 18.3. The maximum absolute atomic E-state index is 12.1. The Balaban J connectivity index is 0.00000221. The molecule has 1 nitrogen and oxygen atoms in total. The Morgan fingerprint density at radius 1 is 0.300 bits per heavy atom. The van der Waals surface area contributed by atoms with Gasteiger partial charge in [0.15, 0.2) is 0 Å². The van der Waals surface area contributed by atoms with Crippen molar-refractivity contribution < 1.29 is 4.79 Å². The maximum atomic E-state index is 12.1. The predicted octanol–water partition coefficient (Wildman–Crippen LogP) is 14.0. The van der Waals surface area contributed by atoms with Crippen LogP contribution in [-0.4, -0.2) is 5.78 Å². The van der Waals surface area contributed by atoms with Crippen molar-refractivity contribution >= 4 is 5.78 Å². The summed E-state index contributed by atoms with van der Waals surface area (Å²) in [5, 5.41) is 0. The number of unbranched alkanes of at least 4 members (excludes halogenated alkanes) is 26. The zero-order valence-electron chi connectivity index (χ0n) is 27.6. The molecule has 0 saturated carbocycles. The van der Waals surface area contributed by atoms with Gasteiger partial charge in [0.25, 0.3) is 0 Å². The first-order valence-corrected chi connectivity index (χ1v) is 18.3. The second kappa shape index (κ2) is 35.9. The first-order chi connectivity index (χ1) is 19.8. The fourth-order valence-corrected chi connectivity index (χ4v) is 5.54. The van der Waals surface area contributed by atoms with Crippen molar-refractivity contribution in [2.75, 3.05) is 0 Å². The Morgan fingerprint density at radius 3 is 0.675 bits per heavy atom. The highest BCUT2D eigenvalue weighted by molar-refractivity contribution is 5.78. The van der Waals surface area contributed by atoms with Gasteiger partial charge < -0.3 is 0 Å². The van der Waals surface area contributed by atoms with E-state index < -0.39 is 0 Å². The second-order valence-electron chi connectivity index (χ2n) is 12.4. The molecule has 40 heavy (non-hydrogen) atoms. The minimum atomic E-state index is 0.526. The Hall–Kier alpha value is -1.11. The molecule has 0 aromatic heterocycles. The van der Waals surface area contributed by atoms with E-state index in [0.717, 1.165) is 25.7 Å². The van der Waals surface area contributed by atoms with Crippen LogP contribution in [0.15, 0.2) is 36.4 Å². The number of carbonyl (C=O) groups excluding carboxylic acids is 1. The number of hydrogen-bond acceptors (Lipinski definition) is 1. The second-order valence-corrected chi connectivity index (χ2v) is 12.4. The Bertz CT molecular complexity index is 505. The van der Waals surface area contributed by atoms with Crippen molar-refractivity contribution in [3.63, 3.8) is 0 Å². The van der Waals surface area contributed by atoms with Crippen LogP contribution in [-0.2, 0) is 4.79 Å². The number of carbonyl (C=O) groups is 1. The van der Waals surface area contributed by atoms with Crippen LogP contribution < -0.4 is 0 Å². The SMILES string of the molecule is CCCCCCCCCCCCCCCCC(=O)CCCCCCCCCCCCCCCC.c1ccccc1. The summed E-state index contributed by atoms with van der Waals surface area (Å²) in [5.41, 5.74) is 0. The molecule has 0 heterocycles. The van der Waals surface area contributed by atoms with Crippen LogP contribution in [0.4, 0.5) is 0 Å². The predicted molar refractivity (Wildman–Crippen MR) is 181 cm³/mol. The van der Waals surface area contributed by atoms with Crippen LogP contribution in [0.25, 0.3) is 0 Å². The molecule has 1 heteroatoms. The monoisotopic (exact) mass is 557 g/mol. The standard InChI is InChI=1S/C33H66O.C6H6/c1-3-5-7-9-11-13-15-17-19-21-23-25-27-29-31-33(34)32-30-28-26-24-22-20-18-16-14-12-10-8-6-4-2;1-2-4-6-5-3-1/h3-32H2,1-2H3;1-6H. The first kappa shape index (κ1) is 38.9. The van der Waals surface area contributed by atoms with E-state index >= 15 is 0 Å². The molecule has 0 amide bonds. The lowest BCUT2D eigenvalue weighted by molar-refractivity contribution is -0.119. The molecule has 0 unspecified atom stereocenters. The zero-order chi connectivity index (χ0) is 29.0. The average molecular weight is 557 g/mol. The summed E-state index contributed by atoms with van der Waals surface area (Å²) in [5.74, 6) is 0.526. The molecule has 0 saturated heterocycles. The summed E-state index contributed by atoms with van der Waals surface area (Å²) in [6.45, 7) is 4.58. The lowest BCUT2D eigenvalue weighted by Crippen LogP contribution is -1.97. The highest BCUT2D eigenvalue weighted by Gasteiger charge is 2.02. The maximum Gasteiger partial charge on any atom is 0.132 e. The van der Waals surface area contributed by atoms with Gasteiger partial charge in [-0.05, 0) is 12.8 Å². The fourth-order valence-electron chi connectivity index (χ4n) is 5.54. The van der Waals surface area contributed by atoms with Crippen LogP contribution >= 0.6 is 0 Å². The van der Waals surface area contributed by atoms with Gasteiger partial charge in [-0.15, -0.1) is 0 Å². The van der Waals surface area contributed by atoms with Gasteiger partial charge in [-0.1, -0.05) is 217 Å². The lowest BCUT2D eigenvalue weighted by atomic mass is 10.0. The molecule has 0 radical (unpaired) electrons. The topological polar surface area (TPSA) is 17.1 Å². The molecule has 234 valence electrons. The molecule has 0 aliphatic carbocycles. The van der Waals surface area contributed by atoms with Gasteiger partial charge in [0.05, 0.1) is 0 Å². The van der Waals surface area contributed by atoms with Crippen LogP contribution in [0.1, 0.15) is 206 Å². The number of ketones is 1. The lowest BCUT2D eigenvalue weighted by Gasteiger charge is -2.04. The van der Waals surface area contributed by atoms with Gasteiger partial charge >= 0.3 is 0 Å². The summed E-state index contributed by atoms with van der Waals surface area (Å²) in [6, 6.07) is 12.0. The molecular weight excluding hydrogens is 484 g/mol. The number of hydrogen-bond donors (Lipinski definition) is 0. The summed E-state index contributed by atoms with van der Waals surface area (Å²) in [7, 11) is 0. The van der Waals surface area contributed by atoms with Crippen molar-refractivity contribution in [2.45, 2.75) is 206 Å². The summed E-state index contributed by atoms with van der Waals surface area (Å²) < 4.78 is 0. The fraction of sp³-hybridized carbons (Fsp3) is 0.821. The quantitative estimate of drug-likeness (QED) is 0.0861. The summed E-state index contributed by atoms with van der Waals surface area (Å²) in [6.07, 6.45) is 40.5. The number of Topliss-reactive ketones (excluding diaryl/α,β-unsaturated/α-hetero) is 1. The average Bonchev–Trinajstić information content (AvgIpc) is 2.98. The highest BCUT2D eigenvalue weighted by atomic mass is 16.1. The van der Waals surface area contributed by atoms with Crippen molar-refractivity contribution in [1.29, 1.82) is 0 Å². The van der Waals surface area contributed by atoms with Gasteiger partial charge in [0, 0.05) is 12.8 Å². The van der Waals surface area contributed by atoms with E-state index in [-0.39, 0.29) is 0 Å². The van der Waals surface area contributed by atoms with Gasteiger partial charge in [-0.2, -0.15) is 0 Å². The molecule has 0 bridgehead atoms. The summed E-state index contributed by atoms with van der Waals surface area (Å²) in [4.78, 5) is 12.1. The van der Waals surface area contributed by atoms with Crippen LogP contribution in [0.3, 0.4) is 0 Å². The normalized spacial score (nSPS) is 10.8. The molecule has 0 N–H and O–H groups in total. The third kappa shape index (κ3) is 34.9. The molecule has 0 aliphatic rings. The van der Waals surface area contributed by atoms with E-state index in [2.05, 4.69) is 13.8 Å². The van der Waals surface area contributed by atoms with Crippen LogP contribution in [0, 0.1) is 0 Å². The molecule has 1 aromatic rings. The molecule has 0 atom stereocenters. The van der Waals surface area contributed by atoms with E-state index in [1.807, 2.05) is 36.4 Å². The Kier molecular flexibility index (Phi) is 34.9. The van der Waals surface area contributed by atoms with Crippen molar-refractivity contribution in [2.24, 2.45) is 0 Å². The molecule has 1 rings (SSSR count). The molecule has 0 aliphatic heterocycles. The van der Waals surface area contributed by atoms with E-state index in [1.165, 1.54) is 167 Å². The highest BCUT2D eigenvalue weighted by Crippen LogP contribution is 2.15. The third-order valence-corrected chi connectivity index (χ3v) is 8.29. The van der Waals surface area contributed by atoms with Gasteiger partial charge in [0.1, 0.15) is 5.78 Å². The number of rotatable bonds is 30. The molecule has 1 aromatic carbocycles. The largest absolute Gasteiger partial charge is 0.300 e. The van der Waals surface area contributed by atoms with E-state index in [4.69, 9.17) is 0 Å². The van der Waals surface area contributed by atoms with Crippen molar-refractivity contribution in [1.82, 2.24) is 0 Å².